The summed E-state index contributed by atoms with van der Waals surface area (Å²) in [5.41, 5.74) is 2.53. The van der Waals surface area contributed by atoms with Crippen molar-refractivity contribution in [2.24, 2.45) is 0 Å². The second kappa shape index (κ2) is 7.58. The summed E-state index contributed by atoms with van der Waals surface area (Å²) in [6, 6.07) is 13.4. The lowest BCUT2D eigenvalue weighted by Crippen LogP contribution is -2.17. The first kappa shape index (κ1) is 15.2. The predicted molar refractivity (Wildman–Crippen MR) is 86.1 cm³/mol. The number of benzene rings is 1. The third-order valence-electron chi connectivity index (χ3n) is 3.37. The van der Waals surface area contributed by atoms with Crippen molar-refractivity contribution < 1.29 is 4.74 Å². The molecule has 0 radical (unpaired) electrons. The summed E-state index contributed by atoms with van der Waals surface area (Å²) in [6.07, 6.45) is 1.12. The van der Waals surface area contributed by atoms with Crippen LogP contribution in [-0.4, -0.2) is 7.11 Å². The van der Waals surface area contributed by atoms with Gasteiger partial charge >= 0.3 is 0 Å². The zero-order chi connectivity index (χ0) is 14.4. The Bertz CT molecular complexity index is 535. The van der Waals surface area contributed by atoms with Gasteiger partial charge < -0.3 is 10.1 Å². The fourth-order valence-corrected chi connectivity index (χ4v) is 3.16. The number of methoxy groups -OCH3 is 1. The van der Waals surface area contributed by atoms with Crippen LogP contribution in [0.15, 0.2) is 36.4 Å². The van der Waals surface area contributed by atoms with E-state index in [0.717, 1.165) is 13.0 Å². The van der Waals surface area contributed by atoms with E-state index >= 15 is 0 Å². The van der Waals surface area contributed by atoms with E-state index in [9.17, 15) is 0 Å². The van der Waals surface area contributed by atoms with E-state index in [4.69, 9.17) is 4.74 Å². The molecule has 20 heavy (non-hydrogen) atoms. The van der Waals surface area contributed by atoms with Crippen molar-refractivity contribution in [3.05, 3.63) is 57.3 Å². The van der Waals surface area contributed by atoms with Crippen LogP contribution in [0.1, 0.15) is 40.8 Å². The molecule has 2 rings (SSSR count). The van der Waals surface area contributed by atoms with Gasteiger partial charge in [-0.2, -0.15) is 0 Å². The molecule has 3 heteroatoms. The Balaban J connectivity index is 1.92. The molecule has 0 aliphatic heterocycles. The maximum absolute atomic E-state index is 5.17. The Hall–Kier alpha value is -1.16. The highest BCUT2D eigenvalue weighted by molar-refractivity contribution is 7.12. The Morgan fingerprint density at radius 2 is 2.00 bits per heavy atom. The molecule has 1 N–H and O–H groups in total. The lowest BCUT2D eigenvalue weighted by molar-refractivity contribution is 0.185. The maximum atomic E-state index is 5.17. The van der Waals surface area contributed by atoms with E-state index in [1.165, 1.54) is 20.9 Å². The summed E-state index contributed by atoms with van der Waals surface area (Å²) in [6.45, 7) is 5.99. The number of hydrogen-bond donors (Lipinski definition) is 1. The molecule has 0 amide bonds. The number of hydrogen-bond acceptors (Lipinski definition) is 3. The van der Waals surface area contributed by atoms with Crippen LogP contribution in [0, 0.1) is 0 Å². The zero-order valence-corrected chi connectivity index (χ0v) is 13.3. The van der Waals surface area contributed by atoms with E-state index < -0.39 is 0 Å². The quantitative estimate of drug-likeness (QED) is 0.820. The molecule has 1 unspecified atom stereocenters. The van der Waals surface area contributed by atoms with E-state index in [1.54, 1.807) is 7.11 Å². The lowest BCUT2D eigenvalue weighted by Gasteiger charge is -2.13. The molecular formula is C17H23NOS. The van der Waals surface area contributed by atoms with Gasteiger partial charge in [0, 0.05) is 29.5 Å². The van der Waals surface area contributed by atoms with Gasteiger partial charge in [-0.1, -0.05) is 31.2 Å². The van der Waals surface area contributed by atoms with Crippen LogP contribution in [0.25, 0.3) is 0 Å². The normalized spacial score (nSPS) is 12.6. The molecule has 0 saturated heterocycles. The third-order valence-corrected chi connectivity index (χ3v) is 4.78. The standard InChI is InChI=1S/C17H23NOS/c1-4-16-8-9-17(20-16)13(2)18-11-14-6-5-7-15(10-14)12-19-3/h5-10,13,18H,4,11-12H2,1-3H3. The Kier molecular flexibility index (Phi) is 5.77. The summed E-state index contributed by atoms with van der Waals surface area (Å²) in [5.74, 6) is 0. The van der Waals surface area contributed by atoms with Crippen LogP contribution in [-0.2, 0) is 24.3 Å². The molecule has 0 aliphatic rings. The second-order valence-electron chi connectivity index (χ2n) is 5.01. The van der Waals surface area contributed by atoms with Crippen molar-refractivity contribution in [2.75, 3.05) is 7.11 Å². The SMILES string of the molecule is CCc1ccc(C(C)NCc2cccc(COC)c2)s1. The topological polar surface area (TPSA) is 21.3 Å². The summed E-state index contributed by atoms with van der Waals surface area (Å²) < 4.78 is 5.17. The average molecular weight is 289 g/mol. The van der Waals surface area contributed by atoms with Gasteiger partial charge in [0.2, 0.25) is 0 Å². The number of aryl methyl sites for hydroxylation is 1. The van der Waals surface area contributed by atoms with Gasteiger partial charge in [-0.3, -0.25) is 0 Å². The fraction of sp³-hybridized carbons (Fsp3) is 0.412. The van der Waals surface area contributed by atoms with E-state index in [2.05, 4.69) is 55.6 Å². The van der Waals surface area contributed by atoms with Gasteiger partial charge in [-0.25, -0.2) is 0 Å². The number of rotatable bonds is 7. The van der Waals surface area contributed by atoms with Gasteiger partial charge in [0.05, 0.1) is 6.61 Å². The fourth-order valence-electron chi connectivity index (χ4n) is 2.18. The highest BCUT2D eigenvalue weighted by Crippen LogP contribution is 2.23. The molecule has 0 saturated carbocycles. The van der Waals surface area contributed by atoms with Crippen molar-refractivity contribution in [2.45, 2.75) is 39.5 Å². The monoisotopic (exact) mass is 289 g/mol. The average Bonchev–Trinajstić information content (AvgIpc) is 2.94. The molecule has 1 heterocycles. The van der Waals surface area contributed by atoms with Gasteiger partial charge in [0.25, 0.3) is 0 Å². The summed E-state index contributed by atoms with van der Waals surface area (Å²) in [7, 11) is 1.73. The molecule has 2 aromatic rings. The minimum atomic E-state index is 0.395. The minimum Gasteiger partial charge on any atom is -0.380 e. The van der Waals surface area contributed by atoms with Gasteiger partial charge in [-0.15, -0.1) is 11.3 Å². The Labute approximate surface area is 125 Å². The molecule has 0 spiro atoms. The first-order valence-electron chi connectivity index (χ1n) is 7.11. The van der Waals surface area contributed by atoms with E-state index in [-0.39, 0.29) is 0 Å². The molecule has 0 fully saturated rings. The summed E-state index contributed by atoms with van der Waals surface area (Å²) >= 11 is 1.90. The van der Waals surface area contributed by atoms with Crippen LogP contribution in [0.5, 0.6) is 0 Å². The van der Waals surface area contributed by atoms with E-state index in [0.29, 0.717) is 12.6 Å². The first-order chi connectivity index (χ1) is 9.72. The molecular weight excluding hydrogens is 266 g/mol. The van der Waals surface area contributed by atoms with Crippen LogP contribution < -0.4 is 5.32 Å². The van der Waals surface area contributed by atoms with Gasteiger partial charge in [0.1, 0.15) is 0 Å². The first-order valence-corrected chi connectivity index (χ1v) is 7.93. The van der Waals surface area contributed by atoms with Gasteiger partial charge in [-0.05, 0) is 36.6 Å². The number of nitrogens with one attached hydrogen (secondary N) is 1. The number of thiophene rings is 1. The smallest absolute Gasteiger partial charge is 0.0713 e. The zero-order valence-electron chi connectivity index (χ0n) is 12.5. The second-order valence-corrected chi connectivity index (χ2v) is 6.21. The summed E-state index contributed by atoms with van der Waals surface area (Å²) in [5, 5.41) is 3.59. The lowest BCUT2D eigenvalue weighted by atomic mass is 10.1. The molecule has 0 aliphatic carbocycles. The van der Waals surface area contributed by atoms with Gasteiger partial charge in [0.15, 0.2) is 0 Å². The molecule has 1 aromatic carbocycles. The molecule has 108 valence electrons. The van der Waals surface area contributed by atoms with Crippen LogP contribution in [0.4, 0.5) is 0 Å². The number of ether oxygens (including phenoxy) is 1. The van der Waals surface area contributed by atoms with Crippen molar-refractivity contribution in [1.29, 1.82) is 0 Å². The largest absolute Gasteiger partial charge is 0.380 e. The summed E-state index contributed by atoms with van der Waals surface area (Å²) in [4.78, 5) is 2.87. The van der Waals surface area contributed by atoms with Crippen LogP contribution >= 0.6 is 11.3 Å². The van der Waals surface area contributed by atoms with Crippen molar-refractivity contribution in [3.63, 3.8) is 0 Å². The molecule has 2 nitrogen and oxygen atoms in total. The maximum Gasteiger partial charge on any atom is 0.0713 e. The van der Waals surface area contributed by atoms with Crippen molar-refractivity contribution in [1.82, 2.24) is 5.32 Å². The third kappa shape index (κ3) is 4.17. The minimum absolute atomic E-state index is 0.395. The Morgan fingerprint density at radius 1 is 1.20 bits per heavy atom. The van der Waals surface area contributed by atoms with Crippen molar-refractivity contribution >= 4 is 11.3 Å². The molecule has 0 bridgehead atoms. The molecule has 1 aromatic heterocycles. The van der Waals surface area contributed by atoms with Crippen molar-refractivity contribution in [3.8, 4) is 0 Å². The predicted octanol–water partition coefficient (Wildman–Crippen LogP) is 4.31. The highest BCUT2D eigenvalue weighted by atomic mass is 32.1. The Morgan fingerprint density at radius 3 is 2.70 bits per heavy atom. The molecule has 1 atom stereocenters. The highest BCUT2D eigenvalue weighted by Gasteiger charge is 2.07. The van der Waals surface area contributed by atoms with E-state index in [1.807, 2.05) is 11.3 Å². The van der Waals surface area contributed by atoms with Crippen LogP contribution in [0.3, 0.4) is 0 Å². The van der Waals surface area contributed by atoms with Crippen LogP contribution in [0.2, 0.25) is 0 Å².